The van der Waals surface area contributed by atoms with Crippen molar-refractivity contribution >= 4 is 5.91 Å². The van der Waals surface area contributed by atoms with Gasteiger partial charge in [0.15, 0.2) is 0 Å². The second kappa shape index (κ2) is 8.79. The van der Waals surface area contributed by atoms with E-state index in [0.717, 1.165) is 52.2 Å². The van der Waals surface area contributed by atoms with Crippen molar-refractivity contribution in [1.82, 2.24) is 20.0 Å². The van der Waals surface area contributed by atoms with Gasteiger partial charge in [-0.25, -0.2) is 0 Å². The highest BCUT2D eigenvalue weighted by Gasteiger charge is 2.27. The summed E-state index contributed by atoms with van der Waals surface area (Å²) in [6.07, 6.45) is 1.12. The molecule has 1 aromatic carbocycles. The predicted molar refractivity (Wildman–Crippen MR) is 101 cm³/mol. The minimum Gasteiger partial charge on any atom is -0.339 e. The van der Waals surface area contributed by atoms with E-state index in [-0.39, 0.29) is 5.91 Å². The van der Waals surface area contributed by atoms with Gasteiger partial charge in [-0.3, -0.25) is 9.69 Å². The van der Waals surface area contributed by atoms with Crippen LogP contribution in [0.2, 0.25) is 0 Å². The Hall–Kier alpha value is -1.43. The van der Waals surface area contributed by atoms with Gasteiger partial charge in [-0.15, -0.1) is 0 Å². The van der Waals surface area contributed by atoms with Crippen LogP contribution >= 0.6 is 0 Å². The average molecular weight is 345 g/mol. The number of hydrogen-bond acceptors (Lipinski definition) is 4. The molecular formula is C20H32N4O. The van der Waals surface area contributed by atoms with Crippen LogP contribution < -0.4 is 5.32 Å². The summed E-state index contributed by atoms with van der Waals surface area (Å²) in [5.41, 5.74) is 1.38. The maximum absolute atomic E-state index is 12.4. The molecule has 138 valence electrons. The van der Waals surface area contributed by atoms with E-state index in [0.29, 0.717) is 18.5 Å². The molecule has 0 saturated carbocycles. The van der Waals surface area contributed by atoms with Crippen LogP contribution in [-0.4, -0.2) is 79.5 Å². The normalized spacial score (nSPS) is 25.9. The molecule has 2 fully saturated rings. The first-order valence-electron chi connectivity index (χ1n) is 9.58. The van der Waals surface area contributed by atoms with E-state index in [9.17, 15) is 4.79 Å². The van der Waals surface area contributed by atoms with Gasteiger partial charge in [0, 0.05) is 45.3 Å². The van der Waals surface area contributed by atoms with Crippen molar-refractivity contribution in [2.24, 2.45) is 5.92 Å². The first kappa shape index (κ1) is 18.4. The minimum atomic E-state index is 0.256. The zero-order valence-electron chi connectivity index (χ0n) is 15.7. The number of likely N-dealkylation sites (N-methyl/N-ethyl adjacent to an activating group) is 1. The topological polar surface area (TPSA) is 38.8 Å². The molecule has 2 saturated heterocycles. The van der Waals surface area contributed by atoms with Crippen LogP contribution in [-0.2, 0) is 11.3 Å². The first-order chi connectivity index (χ1) is 12.1. The molecule has 2 aliphatic heterocycles. The third-order valence-electron chi connectivity index (χ3n) is 5.61. The molecule has 2 atom stereocenters. The van der Waals surface area contributed by atoms with E-state index in [1.807, 2.05) is 4.90 Å². The van der Waals surface area contributed by atoms with E-state index in [2.05, 4.69) is 59.4 Å². The van der Waals surface area contributed by atoms with Crippen molar-refractivity contribution in [1.29, 1.82) is 0 Å². The molecule has 0 bridgehead atoms. The maximum Gasteiger partial charge on any atom is 0.236 e. The molecule has 25 heavy (non-hydrogen) atoms. The Morgan fingerprint density at radius 3 is 2.52 bits per heavy atom. The Morgan fingerprint density at radius 1 is 1.12 bits per heavy atom. The Morgan fingerprint density at radius 2 is 1.84 bits per heavy atom. The van der Waals surface area contributed by atoms with Crippen LogP contribution in [0, 0.1) is 5.92 Å². The SMILES string of the molecule is CC1CN(Cc2ccccc2)CCC1NCC(=O)N1CCN(C)CC1. The van der Waals surface area contributed by atoms with Crippen LogP contribution in [0.3, 0.4) is 0 Å². The molecule has 2 aliphatic rings. The zero-order valence-corrected chi connectivity index (χ0v) is 15.7. The van der Waals surface area contributed by atoms with Crippen LogP contribution in [0.1, 0.15) is 18.9 Å². The molecule has 0 radical (unpaired) electrons. The van der Waals surface area contributed by atoms with Gasteiger partial charge in [-0.2, -0.15) is 0 Å². The standard InChI is InChI=1S/C20H32N4O/c1-17-15-23(16-18-6-4-3-5-7-18)9-8-19(17)21-14-20(25)24-12-10-22(2)11-13-24/h3-7,17,19,21H,8-16H2,1-2H3. The number of carbonyl (C=O) groups excluding carboxylic acids is 1. The quantitative estimate of drug-likeness (QED) is 0.873. The fourth-order valence-corrected chi connectivity index (χ4v) is 3.91. The van der Waals surface area contributed by atoms with Gasteiger partial charge < -0.3 is 15.1 Å². The molecule has 0 spiro atoms. The monoisotopic (exact) mass is 344 g/mol. The smallest absolute Gasteiger partial charge is 0.236 e. The minimum absolute atomic E-state index is 0.256. The summed E-state index contributed by atoms with van der Waals surface area (Å²) in [6.45, 7) is 9.70. The van der Waals surface area contributed by atoms with Gasteiger partial charge in [0.05, 0.1) is 6.54 Å². The van der Waals surface area contributed by atoms with Crippen LogP contribution in [0.25, 0.3) is 0 Å². The van der Waals surface area contributed by atoms with Crippen LogP contribution in [0.15, 0.2) is 30.3 Å². The number of carbonyl (C=O) groups is 1. The fraction of sp³-hybridized carbons (Fsp3) is 0.650. The summed E-state index contributed by atoms with van der Waals surface area (Å²) in [5.74, 6) is 0.824. The maximum atomic E-state index is 12.4. The Balaban J connectivity index is 1.40. The summed E-state index contributed by atoms with van der Waals surface area (Å²) in [4.78, 5) is 19.2. The molecule has 0 aromatic heterocycles. The summed E-state index contributed by atoms with van der Waals surface area (Å²) in [7, 11) is 2.12. The lowest BCUT2D eigenvalue weighted by atomic mass is 9.93. The first-order valence-corrected chi connectivity index (χ1v) is 9.58. The van der Waals surface area contributed by atoms with Gasteiger partial charge in [-0.05, 0) is 31.5 Å². The average Bonchev–Trinajstić information content (AvgIpc) is 2.62. The van der Waals surface area contributed by atoms with E-state index < -0.39 is 0 Å². The molecule has 2 heterocycles. The van der Waals surface area contributed by atoms with E-state index in [1.165, 1.54) is 5.56 Å². The number of rotatable bonds is 5. The number of piperidine rings is 1. The molecule has 5 nitrogen and oxygen atoms in total. The fourth-order valence-electron chi connectivity index (χ4n) is 3.91. The Bertz CT molecular complexity index is 542. The molecule has 0 aliphatic carbocycles. The van der Waals surface area contributed by atoms with Crippen molar-refractivity contribution in [3.63, 3.8) is 0 Å². The number of hydrogen-bond donors (Lipinski definition) is 1. The molecule has 1 aromatic rings. The van der Waals surface area contributed by atoms with E-state index in [4.69, 9.17) is 0 Å². The number of amides is 1. The summed E-state index contributed by atoms with van der Waals surface area (Å²) in [6, 6.07) is 11.1. The van der Waals surface area contributed by atoms with E-state index in [1.54, 1.807) is 0 Å². The number of benzene rings is 1. The number of nitrogens with zero attached hydrogens (tertiary/aromatic N) is 3. The Labute approximate surface area is 152 Å². The van der Waals surface area contributed by atoms with Gasteiger partial charge in [0.25, 0.3) is 0 Å². The summed E-state index contributed by atoms with van der Waals surface area (Å²) >= 11 is 0. The van der Waals surface area contributed by atoms with Crippen molar-refractivity contribution in [3.05, 3.63) is 35.9 Å². The van der Waals surface area contributed by atoms with Crippen molar-refractivity contribution in [2.75, 3.05) is 52.9 Å². The molecule has 1 amide bonds. The number of nitrogens with one attached hydrogen (secondary N) is 1. The number of likely N-dealkylation sites (tertiary alicyclic amines) is 1. The molecule has 1 N–H and O–H groups in total. The van der Waals surface area contributed by atoms with E-state index >= 15 is 0 Å². The lowest BCUT2D eigenvalue weighted by Crippen LogP contribution is -2.53. The number of piperazine rings is 1. The van der Waals surface area contributed by atoms with Crippen LogP contribution in [0.4, 0.5) is 0 Å². The highest BCUT2D eigenvalue weighted by atomic mass is 16.2. The molecule has 5 heteroatoms. The highest BCUT2D eigenvalue weighted by Crippen LogP contribution is 2.19. The second-order valence-electron chi connectivity index (χ2n) is 7.66. The largest absolute Gasteiger partial charge is 0.339 e. The summed E-state index contributed by atoms with van der Waals surface area (Å²) < 4.78 is 0. The predicted octanol–water partition coefficient (Wildman–Crippen LogP) is 1.26. The van der Waals surface area contributed by atoms with Crippen molar-refractivity contribution in [2.45, 2.75) is 25.9 Å². The lowest BCUT2D eigenvalue weighted by Gasteiger charge is -2.38. The molecule has 3 rings (SSSR count). The van der Waals surface area contributed by atoms with Gasteiger partial charge in [0.2, 0.25) is 5.91 Å². The molecular weight excluding hydrogens is 312 g/mol. The summed E-state index contributed by atoms with van der Waals surface area (Å²) in [5, 5.41) is 3.53. The van der Waals surface area contributed by atoms with Crippen molar-refractivity contribution in [3.8, 4) is 0 Å². The Kier molecular flexibility index (Phi) is 6.45. The molecule has 2 unspecified atom stereocenters. The lowest BCUT2D eigenvalue weighted by molar-refractivity contribution is -0.132. The zero-order chi connectivity index (χ0) is 17.6. The third-order valence-corrected chi connectivity index (χ3v) is 5.61. The van der Waals surface area contributed by atoms with Crippen LogP contribution in [0.5, 0.6) is 0 Å². The van der Waals surface area contributed by atoms with Gasteiger partial charge in [-0.1, -0.05) is 37.3 Å². The third kappa shape index (κ3) is 5.27. The van der Waals surface area contributed by atoms with Crippen molar-refractivity contribution < 1.29 is 4.79 Å². The van der Waals surface area contributed by atoms with Gasteiger partial charge >= 0.3 is 0 Å². The second-order valence-corrected chi connectivity index (χ2v) is 7.66. The van der Waals surface area contributed by atoms with Gasteiger partial charge in [0.1, 0.15) is 0 Å². The highest BCUT2D eigenvalue weighted by molar-refractivity contribution is 5.78.